The first kappa shape index (κ1) is 19.8. The van der Waals surface area contributed by atoms with Crippen LogP contribution in [0.25, 0.3) is 0 Å². The maximum absolute atomic E-state index is 12.8. The summed E-state index contributed by atoms with van der Waals surface area (Å²) in [5.74, 6) is -0.624. The van der Waals surface area contributed by atoms with Gasteiger partial charge in [-0.05, 0) is 30.2 Å². The van der Waals surface area contributed by atoms with Gasteiger partial charge in [-0.15, -0.1) is 0 Å². The molecular weight excluding hydrogens is 360 g/mol. The molecule has 1 aliphatic heterocycles. The van der Waals surface area contributed by atoms with Gasteiger partial charge in [-0.2, -0.15) is 0 Å². The van der Waals surface area contributed by atoms with Crippen LogP contribution in [-0.4, -0.2) is 36.2 Å². The normalized spacial score (nSPS) is 29.3. The minimum absolute atomic E-state index is 0.291. The molecular formula is C21H24N2O5. The third-order valence-electron chi connectivity index (χ3n) is 5.78. The van der Waals surface area contributed by atoms with Crippen molar-refractivity contribution in [3.8, 4) is 5.75 Å². The average molecular weight is 384 g/mol. The quantitative estimate of drug-likeness (QED) is 0.484. The van der Waals surface area contributed by atoms with Gasteiger partial charge in [0.05, 0.1) is 20.1 Å². The minimum atomic E-state index is -1.49. The van der Waals surface area contributed by atoms with Crippen LogP contribution in [0.5, 0.6) is 5.75 Å². The van der Waals surface area contributed by atoms with Crippen molar-refractivity contribution in [2.75, 3.05) is 14.2 Å². The molecule has 2 aromatic rings. The Hall–Kier alpha value is -2.93. The topological polar surface area (TPSA) is 90.7 Å². The van der Waals surface area contributed by atoms with Crippen molar-refractivity contribution in [1.82, 2.24) is 5.32 Å². The van der Waals surface area contributed by atoms with Crippen LogP contribution in [0.4, 0.5) is 0 Å². The number of carbonyl (C=O) groups is 1. The molecule has 28 heavy (non-hydrogen) atoms. The van der Waals surface area contributed by atoms with E-state index >= 15 is 0 Å². The molecule has 0 aliphatic carbocycles. The maximum Gasteiger partial charge on any atom is 0.326 e. The van der Waals surface area contributed by atoms with Gasteiger partial charge in [-0.25, -0.2) is 0 Å². The van der Waals surface area contributed by atoms with Gasteiger partial charge < -0.3 is 9.47 Å². The van der Waals surface area contributed by atoms with Gasteiger partial charge in [0.25, 0.3) is 0 Å². The number of methoxy groups -OCH3 is 2. The van der Waals surface area contributed by atoms with Crippen molar-refractivity contribution in [3.05, 3.63) is 75.8 Å². The largest absolute Gasteiger partial charge is 0.497 e. The SMILES string of the molecule is COC(=O)[C@@]1(C)N[C@@H](c2ccc(OC)cc2)[C@@](C)([N+](=O)[O-])[C@@H]1c1ccccc1. The Morgan fingerprint density at radius 3 is 2.14 bits per heavy atom. The molecule has 2 aromatic carbocycles. The molecule has 0 spiro atoms. The molecule has 1 heterocycles. The molecule has 1 N–H and O–H groups in total. The highest BCUT2D eigenvalue weighted by atomic mass is 16.6. The van der Waals surface area contributed by atoms with E-state index in [-0.39, 0.29) is 4.92 Å². The maximum atomic E-state index is 12.8. The lowest BCUT2D eigenvalue weighted by atomic mass is 9.70. The molecule has 1 saturated heterocycles. The van der Waals surface area contributed by atoms with Crippen molar-refractivity contribution >= 4 is 5.97 Å². The van der Waals surface area contributed by atoms with E-state index in [2.05, 4.69) is 5.32 Å². The number of nitro groups is 1. The number of rotatable bonds is 5. The lowest BCUT2D eigenvalue weighted by Gasteiger charge is -2.32. The zero-order valence-electron chi connectivity index (χ0n) is 16.3. The van der Waals surface area contributed by atoms with E-state index in [1.165, 1.54) is 7.11 Å². The van der Waals surface area contributed by atoms with Crippen LogP contribution < -0.4 is 10.1 Å². The Balaban J connectivity index is 2.21. The first-order valence-corrected chi connectivity index (χ1v) is 8.98. The smallest absolute Gasteiger partial charge is 0.326 e. The lowest BCUT2D eigenvalue weighted by molar-refractivity contribution is -0.571. The predicted octanol–water partition coefficient (Wildman–Crippen LogP) is 3.09. The van der Waals surface area contributed by atoms with E-state index in [9.17, 15) is 14.9 Å². The summed E-state index contributed by atoms with van der Waals surface area (Å²) >= 11 is 0. The summed E-state index contributed by atoms with van der Waals surface area (Å²) in [6.45, 7) is 3.25. The second kappa shape index (κ2) is 7.24. The van der Waals surface area contributed by atoms with Crippen LogP contribution in [0.2, 0.25) is 0 Å². The molecule has 0 bridgehead atoms. The van der Waals surface area contributed by atoms with Gasteiger partial charge in [-0.1, -0.05) is 42.5 Å². The van der Waals surface area contributed by atoms with E-state index in [4.69, 9.17) is 9.47 Å². The van der Waals surface area contributed by atoms with Crippen LogP contribution in [0.15, 0.2) is 54.6 Å². The number of esters is 1. The molecule has 1 aliphatic rings. The van der Waals surface area contributed by atoms with Crippen LogP contribution in [0.3, 0.4) is 0 Å². The zero-order valence-corrected chi connectivity index (χ0v) is 16.3. The highest BCUT2D eigenvalue weighted by Gasteiger charge is 2.69. The van der Waals surface area contributed by atoms with Gasteiger partial charge in [0.15, 0.2) is 0 Å². The Morgan fingerprint density at radius 1 is 1.04 bits per heavy atom. The van der Waals surface area contributed by atoms with Crippen molar-refractivity contribution < 1.29 is 19.2 Å². The Kier molecular flexibility index (Phi) is 5.12. The molecule has 0 radical (unpaired) electrons. The fourth-order valence-corrected chi connectivity index (χ4v) is 4.41. The number of ether oxygens (including phenoxy) is 2. The number of carbonyl (C=O) groups excluding carboxylic acids is 1. The summed E-state index contributed by atoms with van der Waals surface area (Å²) in [7, 11) is 2.85. The summed E-state index contributed by atoms with van der Waals surface area (Å²) < 4.78 is 10.2. The molecule has 4 atom stereocenters. The summed E-state index contributed by atoms with van der Waals surface area (Å²) in [5, 5.41) is 15.6. The van der Waals surface area contributed by atoms with Crippen LogP contribution in [0.1, 0.15) is 36.9 Å². The molecule has 0 saturated carbocycles. The lowest BCUT2D eigenvalue weighted by Crippen LogP contribution is -2.51. The third kappa shape index (κ3) is 2.92. The number of hydrogen-bond acceptors (Lipinski definition) is 6. The predicted molar refractivity (Wildman–Crippen MR) is 104 cm³/mol. The molecule has 148 valence electrons. The standard InChI is InChI=1S/C21H24N2O5/c1-20(19(24)28-4)17(14-8-6-5-7-9-14)21(2,23(25)26)18(22-20)15-10-12-16(27-3)13-11-15/h5-13,17-18,22H,1-4H3/t17-,18+,20+,21+/m1/s1. The Morgan fingerprint density at radius 2 is 1.64 bits per heavy atom. The Bertz CT molecular complexity index is 870. The summed E-state index contributed by atoms with van der Waals surface area (Å²) in [5.41, 5.74) is -1.35. The van der Waals surface area contributed by atoms with E-state index in [0.717, 1.165) is 0 Å². The van der Waals surface area contributed by atoms with Crippen LogP contribution in [-0.2, 0) is 9.53 Å². The average Bonchev–Trinajstić information content (AvgIpc) is 2.97. The summed E-state index contributed by atoms with van der Waals surface area (Å²) in [4.78, 5) is 24.9. The van der Waals surface area contributed by atoms with Crippen LogP contribution >= 0.6 is 0 Å². The second-order valence-electron chi connectivity index (χ2n) is 7.37. The fourth-order valence-electron chi connectivity index (χ4n) is 4.41. The van der Waals surface area contributed by atoms with E-state index in [1.54, 1.807) is 45.2 Å². The third-order valence-corrected chi connectivity index (χ3v) is 5.78. The number of nitrogens with zero attached hydrogens (tertiary/aromatic N) is 1. The first-order valence-electron chi connectivity index (χ1n) is 8.98. The Labute approximate surface area is 163 Å². The highest BCUT2D eigenvalue weighted by Crippen LogP contribution is 2.53. The van der Waals surface area contributed by atoms with Gasteiger partial charge >= 0.3 is 5.97 Å². The van der Waals surface area contributed by atoms with E-state index in [1.807, 2.05) is 30.3 Å². The molecule has 0 amide bonds. The van der Waals surface area contributed by atoms with Gasteiger partial charge in [0.1, 0.15) is 17.3 Å². The fraction of sp³-hybridized carbons (Fsp3) is 0.381. The minimum Gasteiger partial charge on any atom is -0.497 e. The highest BCUT2D eigenvalue weighted by molar-refractivity contribution is 5.83. The molecule has 0 aromatic heterocycles. The van der Waals surface area contributed by atoms with Crippen molar-refractivity contribution in [2.24, 2.45) is 0 Å². The molecule has 1 fully saturated rings. The van der Waals surface area contributed by atoms with Crippen LogP contribution in [0, 0.1) is 10.1 Å². The molecule has 3 rings (SSSR count). The van der Waals surface area contributed by atoms with Gasteiger partial charge in [0.2, 0.25) is 5.54 Å². The van der Waals surface area contributed by atoms with Gasteiger partial charge in [0, 0.05) is 11.8 Å². The summed E-state index contributed by atoms with van der Waals surface area (Å²) in [6.07, 6.45) is 0. The number of hydrogen-bond donors (Lipinski definition) is 1. The van der Waals surface area contributed by atoms with Crippen molar-refractivity contribution in [1.29, 1.82) is 0 Å². The zero-order chi connectivity index (χ0) is 20.5. The molecule has 0 unspecified atom stereocenters. The molecule has 7 nitrogen and oxygen atoms in total. The monoisotopic (exact) mass is 384 g/mol. The second-order valence-corrected chi connectivity index (χ2v) is 7.37. The number of benzene rings is 2. The van der Waals surface area contributed by atoms with Crippen molar-refractivity contribution in [2.45, 2.75) is 36.9 Å². The number of nitrogens with one attached hydrogen (secondary N) is 1. The molecule has 7 heteroatoms. The van der Waals surface area contributed by atoms with Crippen molar-refractivity contribution in [3.63, 3.8) is 0 Å². The summed E-state index contributed by atoms with van der Waals surface area (Å²) in [6, 6.07) is 15.5. The van der Waals surface area contributed by atoms with E-state index < -0.39 is 29.0 Å². The first-order chi connectivity index (χ1) is 13.3. The van der Waals surface area contributed by atoms with Gasteiger partial charge in [-0.3, -0.25) is 20.2 Å². The van der Waals surface area contributed by atoms with E-state index in [0.29, 0.717) is 16.9 Å².